The lowest BCUT2D eigenvalue weighted by molar-refractivity contribution is 0.669. The van der Waals surface area contributed by atoms with E-state index in [1.807, 2.05) is 0 Å². The van der Waals surface area contributed by atoms with Crippen molar-refractivity contribution in [1.82, 2.24) is 0 Å². The topological polar surface area (TPSA) is 16.4 Å². The van der Waals surface area contributed by atoms with Crippen molar-refractivity contribution in [2.24, 2.45) is 0 Å². The van der Waals surface area contributed by atoms with Crippen LogP contribution < -0.4 is 4.90 Å². The Balaban J connectivity index is 1.13. The summed E-state index contributed by atoms with van der Waals surface area (Å²) in [7, 11) is 0. The minimum absolute atomic E-state index is 0.854. The molecule has 0 spiro atoms. The lowest BCUT2D eigenvalue weighted by Gasteiger charge is -2.28. The molecule has 9 aromatic carbocycles. The van der Waals surface area contributed by atoms with Crippen LogP contribution in [0.15, 0.2) is 217 Å². The molecular weight excluding hydrogens is 655 g/mol. The average molecular weight is 690 g/mol. The standard InChI is InChI=1S/C52H35NO/c1-4-14-36(15-5-1)38-24-26-41(27-25-38)48-35-51-52(46-22-11-10-21-45(46)48)47-33-32-43(34-50(47)54-51)53(42-30-28-39(29-31-42)37-16-6-2-7-17-37)49-23-13-12-20-44(49)40-18-8-3-9-19-40/h1-35H. The second-order valence-electron chi connectivity index (χ2n) is 13.7. The number of benzene rings is 9. The molecule has 0 fully saturated rings. The van der Waals surface area contributed by atoms with Crippen molar-refractivity contribution in [3.63, 3.8) is 0 Å². The quantitative estimate of drug-likeness (QED) is 0.166. The molecule has 0 aliphatic carbocycles. The molecule has 1 aromatic heterocycles. The lowest BCUT2D eigenvalue weighted by atomic mass is 9.93. The highest BCUT2D eigenvalue weighted by molar-refractivity contribution is 6.22. The maximum atomic E-state index is 6.84. The van der Waals surface area contributed by atoms with Gasteiger partial charge in [-0.15, -0.1) is 0 Å². The predicted octanol–water partition coefficient (Wildman–Crippen LogP) is 14.9. The number of fused-ring (bicyclic) bond motifs is 5. The minimum Gasteiger partial charge on any atom is -0.456 e. The fourth-order valence-electron chi connectivity index (χ4n) is 7.87. The number of para-hydroxylation sites is 1. The van der Waals surface area contributed by atoms with Crippen LogP contribution in [-0.4, -0.2) is 0 Å². The first kappa shape index (κ1) is 31.6. The van der Waals surface area contributed by atoms with Gasteiger partial charge in [-0.3, -0.25) is 0 Å². The Morgan fingerprint density at radius 2 is 0.778 bits per heavy atom. The Hall–Kier alpha value is -7.16. The number of nitrogens with zero attached hydrogens (tertiary/aromatic N) is 1. The van der Waals surface area contributed by atoms with Gasteiger partial charge in [-0.2, -0.15) is 0 Å². The van der Waals surface area contributed by atoms with E-state index in [0.717, 1.165) is 55.7 Å². The van der Waals surface area contributed by atoms with Gasteiger partial charge in [0.05, 0.1) is 5.69 Å². The smallest absolute Gasteiger partial charge is 0.137 e. The molecule has 10 rings (SSSR count). The molecule has 0 aliphatic rings. The van der Waals surface area contributed by atoms with Crippen molar-refractivity contribution in [1.29, 1.82) is 0 Å². The molecule has 0 radical (unpaired) electrons. The van der Waals surface area contributed by atoms with Crippen LogP contribution in [0, 0.1) is 0 Å². The summed E-state index contributed by atoms with van der Waals surface area (Å²) in [6.07, 6.45) is 0. The van der Waals surface area contributed by atoms with E-state index >= 15 is 0 Å². The summed E-state index contributed by atoms with van der Waals surface area (Å²) in [6.45, 7) is 0. The van der Waals surface area contributed by atoms with Gasteiger partial charge in [0.1, 0.15) is 11.2 Å². The average Bonchev–Trinajstić information content (AvgIpc) is 3.63. The Morgan fingerprint density at radius 1 is 0.296 bits per heavy atom. The molecule has 2 heteroatoms. The SMILES string of the molecule is c1ccc(-c2ccc(-c3cc4oc5cc(N(c6ccc(-c7ccccc7)cc6)c6ccccc6-c6ccccc6)ccc5c4c4ccccc34)cc2)cc1. The first-order valence-corrected chi connectivity index (χ1v) is 18.4. The van der Waals surface area contributed by atoms with Gasteiger partial charge in [-0.25, -0.2) is 0 Å². The third kappa shape index (κ3) is 5.62. The van der Waals surface area contributed by atoms with E-state index in [1.54, 1.807) is 0 Å². The summed E-state index contributed by atoms with van der Waals surface area (Å²) in [5.41, 5.74) is 14.4. The fraction of sp³-hybridized carbons (Fsp3) is 0. The minimum atomic E-state index is 0.854. The highest BCUT2D eigenvalue weighted by Gasteiger charge is 2.20. The Labute approximate surface area is 314 Å². The second-order valence-corrected chi connectivity index (χ2v) is 13.7. The van der Waals surface area contributed by atoms with Gasteiger partial charge in [0.2, 0.25) is 0 Å². The maximum absolute atomic E-state index is 6.84. The summed E-state index contributed by atoms with van der Waals surface area (Å²) >= 11 is 0. The molecule has 0 N–H and O–H groups in total. The zero-order valence-corrected chi connectivity index (χ0v) is 29.6. The van der Waals surface area contributed by atoms with E-state index < -0.39 is 0 Å². The van der Waals surface area contributed by atoms with Crippen molar-refractivity contribution < 1.29 is 4.42 Å². The van der Waals surface area contributed by atoms with E-state index in [0.29, 0.717) is 0 Å². The van der Waals surface area contributed by atoms with Gasteiger partial charge in [-0.05, 0) is 86.1 Å². The largest absolute Gasteiger partial charge is 0.456 e. The summed E-state index contributed by atoms with van der Waals surface area (Å²) in [5, 5.41) is 4.64. The third-order valence-electron chi connectivity index (χ3n) is 10.5. The zero-order chi connectivity index (χ0) is 35.8. The van der Waals surface area contributed by atoms with Gasteiger partial charge in [0.15, 0.2) is 0 Å². The van der Waals surface area contributed by atoms with Crippen LogP contribution in [-0.2, 0) is 0 Å². The van der Waals surface area contributed by atoms with Crippen LogP contribution in [0.4, 0.5) is 17.1 Å². The highest BCUT2D eigenvalue weighted by atomic mass is 16.3. The van der Waals surface area contributed by atoms with Crippen molar-refractivity contribution in [3.05, 3.63) is 212 Å². The normalized spacial score (nSPS) is 11.3. The maximum Gasteiger partial charge on any atom is 0.137 e. The molecule has 0 aliphatic heterocycles. The van der Waals surface area contributed by atoms with E-state index in [2.05, 4.69) is 217 Å². The van der Waals surface area contributed by atoms with E-state index in [1.165, 1.54) is 38.6 Å². The van der Waals surface area contributed by atoms with Gasteiger partial charge in [0, 0.05) is 33.8 Å². The van der Waals surface area contributed by atoms with Crippen LogP contribution >= 0.6 is 0 Å². The molecule has 54 heavy (non-hydrogen) atoms. The molecular formula is C52H35NO. The van der Waals surface area contributed by atoms with Crippen molar-refractivity contribution in [2.45, 2.75) is 0 Å². The van der Waals surface area contributed by atoms with Crippen LogP contribution in [0.5, 0.6) is 0 Å². The monoisotopic (exact) mass is 689 g/mol. The van der Waals surface area contributed by atoms with E-state index in [-0.39, 0.29) is 0 Å². The Bertz CT molecular complexity index is 2890. The van der Waals surface area contributed by atoms with Gasteiger partial charge in [0.25, 0.3) is 0 Å². The molecule has 0 unspecified atom stereocenters. The fourth-order valence-corrected chi connectivity index (χ4v) is 7.87. The molecule has 1 heterocycles. The third-order valence-corrected chi connectivity index (χ3v) is 10.5. The summed E-state index contributed by atoms with van der Waals surface area (Å²) in [4.78, 5) is 2.35. The number of hydrogen-bond acceptors (Lipinski definition) is 2. The van der Waals surface area contributed by atoms with Crippen molar-refractivity contribution in [3.8, 4) is 44.5 Å². The lowest BCUT2D eigenvalue weighted by Crippen LogP contribution is -2.11. The summed E-state index contributed by atoms with van der Waals surface area (Å²) < 4.78 is 6.84. The summed E-state index contributed by atoms with van der Waals surface area (Å²) in [6, 6.07) is 75.6. The number of rotatable bonds is 7. The second kappa shape index (κ2) is 13.4. The molecule has 0 saturated heterocycles. The Morgan fingerprint density at radius 3 is 1.44 bits per heavy atom. The van der Waals surface area contributed by atoms with Crippen molar-refractivity contribution in [2.75, 3.05) is 4.90 Å². The molecule has 0 saturated carbocycles. The first-order valence-electron chi connectivity index (χ1n) is 18.4. The molecule has 2 nitrogen and oxygen atoms in total. The van der Waals surface area contributed by atoms with Crippen molar-refractivity contribution >= 4 is 49.8 Å². The molecule has 0 bridgehead atoms. The van der Waals surface area contributed by atoms with Crippen LogP contribution in [0.25, 0.3) is 77.2 Å². The number of hydrogen-bond donors (Lipinski definition) is 0. The first-order chi connectivity index (χ1) is 26.8. The highest BCUT2D eigenvalue weighted by Crippen LogP contribution is 2.45. The number of anilines is 3. The van der Waals surface area contributed by atoms with Gasteiger partial charge in [-0.1, -0.05) is 170 Å². The van der Waals surface area contributed by atoms with Gasteiger partial charge < -0.3 is 9.32 Å². The van der Waals surface area contributed by atoms with Crippen LogP contribution in [0.1, 0.15) is 0 Å². The van der Waals surface area contributed by atoms with Crippen LogP contribution in [0.3, 0.4) is 0 Å². The summed E-state index contributed by atoms with van der Waals surface area (Å²) in [5.74, 6) is 0. The molecule has 10 aromatic rings. The molecule has 0 atom stereocenters. The molecule has 0 amide bonds. The van der Waals surface area contributed by atoms with E-state index in [9.17, 15) is 0 Å². The van der Waals surface area contributed by atoms with Gasteiger partial charge >= 0.3 is 0 Å². The Kier molecular flexibility index (Phi) is 7.85. The number of furan rings is 1. The van der Waals surface area contributed by atoms with E-state index in [4.69, 9.17) is 4.42 Å². The predicted molar refractivity (Wildman–Crippen MR) is 228 cm³/mol. The molecule has 254 valence electrons. The van der Waals surface area contributed by atoms with Crippen LogP contribution in [0.2, 0.25) is 0 Å². The zero-order valence-electron chi connectivity index (χ0n) is 29.6.